The van der Waals surface area contributed by atoms with Crippen LogP contribution in [0.1, 0.15) is 18.1 Å². The number of rotatable bonds is 4. The average molecular weight is 177 g/mol. The molecule has 1 unspecified atom stereocenters. The fraction of sp³-hybridized carbons (Fsp3) is 0.200. The van der Waals surface area contributed by atoms with E-state index < -0.39 is 6.10 Å². The summed E-state index contributed by atoms with van der Waals surface area (Å²) < 4.78 is 0. The summed E-state index contributed by atoms with van der Waals surface area (Å²) in [5.74, 6) is 0. The van der Waals surface area contributed by atoms with E-state index in [2.05, 4.69) is 11.8 Å². The molecule has 68 valence electrons. The second kappa shape index (κ2) is 4.52. The lowest BCUT2D eigenvalue weighted by molar-refractivity contribution is 0.181. The third-order valence-corrected chi connectivity index (χ3v) is 1.77. The number of hydrogen-bond donors (Lipinski definition) is 1. The van der Waals surface area contributed by atoms with E-state index >= 15 is 0 Å². The number of nitrogens with zero attached hydrogens (tertiary/aromatic N) is 1. The summed E-state index contributed by atoms with van der Waals surface area (Å²) in [5.41, 5.74) is 1.14. The van der Waals surface area contributed by atoms with Crippen molar-refractivity contribution < 1.29 is 5.11 Å². The summed E-state index contributed by atoms with van der Waals surface area (Å²) in [6.07, 6.45) is 1.61. The van der Waals surface area contributed by atoms with Crippen LogP contribution < -0.4 is 0 Å². The van der Waals surface area contributed by atoms with Gasteiger partial charge in [0.1, 0.15) is 5.69 Å². The lowest BCUT2D eigenvalue weighted by Gasteiger charge is -2.07. The first kappa shape index (κ1) is 9.61. The third kappa shape index (κ3) is 2.49. The first-order chi connectivity index (χ1) is 6.27. The molecule has 13 heavy (non-hydrogen) atoms. The lowest BCUT2D eigenvalue weighted by atomic mass is 10.1. The van der Waals surface area contributed by atoms with Crippen LogP contribution in [-0.4, -0.2) is 5.11 Å². The monoisotopic (exact) mass is 177 g/mol. The molecule has 0 aliphatic heterocycles. The van der Waals surface area contributed by atoms with Crippen molar-refractivity contribution in [1.29, 1.82) is 0 Å². The minimum Gasteiger partial charge on any atom is -0.388 e. The fourth-order valence-corrected chi connectivity index (χ4v) is 1.05. The number of nitroso groups, excluding NO2 is 1. The van der Waals surface area contributed by atoms with Crippen LogP contribution in [0, 0.1) is 4.91 Å². The summed E-state index contributed by atoms with van der Waals surface area (Å²) in [4.78, 5) is 10.1. The minimum absolute atomic E-state index is 0.370. The Bertz CT molecular complexity index is 292. The maximum absolute atomic E-state index is 10.1. The maximum atomic E-state index is 10.1. The summed E-state index contributed by atoms with van der Waals surface area (Å²) in [7, 11) is 0. The molecule has 0 fully saturated rings. The molecule has 0 saturated carbocycles. The van der Waals surface area contributed by atoms with Gasteiger partial charge in [-0.1, -0.05) is 18.2 Å². The minimum atomic E-state index is -0.543. The van der Waals surface area contributed by atoms with E-state index in [0.29, 0.717) is 12.1 Å². The smallest absolute Gasteiger partial charge is 0.108 e. The summed E-state index contributed by atoms with van der Waals surface area (Å²) in [6.45, 7) is 3.53. The van der Waals surface area contributed by atoms with E-state index in [9.17, 15) is 10.0 Å². The van der Waals surface area contributed by atoms with Crippen LogP contribution in [0.25, 0.3) is 0 Å². The Labute approximate surface area is 76.7 Å². The molecule has 0 bridgehead atoms. The Hall–Kier alpha value is -1.48. The first-order valence-electron chi connectivity index (χ1n) is 4.00. The van der Waals surface area contributed by atoms with Gasteiger partial charge in [-0.2, -0.15) is 0 Å². The van der Waals surface area contributed by atoms with E-state index in [-0.39, 0.29) is 0 Å². The van der Waals surface area contributed by atoms with Crippen molar-refractivity contribution in [3.05, 3.63) is 47.4 Å². The van der Waals surface area contributed by atoms with Crippen LogP contribution in [0.3, 0.4) is 0 Å². The Kier molecular flexibility index (Phi) is 3.34. The van der Waals surface area contributed by atoms with Gasteiger partial charge in [0.05, 0.1) is 6.10 Å². The molecule has 1 aromatic rings. The van der Waals surface area contributed by atoms with Crippen LogP contribution in [0.4, 0.5) is 5.69 Å². The quantitative estimate of drug-likeness (QED) is 0.567. The van der Waals surface area contributed by atoms with E-state index in [1.54, 1.807) is 30.3 Å². The van der Waals surface area contributed by atoms with Crippen LogP contribution in [0.5, 0.6) is 0 Å². The molecule has 0 radical (unpaired) electrons. The van der Waals surface area contributed by atoms with E-state index in [4.69, 9.17) is 0 Å². The predicted octanol–water partition coefficient (Wildman–Crippen LogP) is 2.69. The number of aliphatic hydroxyl groups is 1. The molecular formula is C10H11NO2. The largest absolute Gasteiger partial charge is 0.388 e. The molecule has 1 aromatic carbocycles. The molecule has 1 N–H and O–H groups in total. The van der Waals surface area contributed by atoms with Gasteiger partial charge in [0.15, 0.2) is 0 Å². The van der Waals surface area contributed by atoms with Gasteiger partial charge in [-0.05, 0) is 29.3 Å². The molecule has 0 saturated heterocycles. The number of benzene rings is 1. The van der Waals surface area contributed by atoms with Crippen molar-refractivity contribution in [2.45, 2.75) is 12.5 Å². The van der Waals surface area contributed by atoms with Gasteiger partial charge in [0.2, 0.25) is 0 Å². The van der Waals surface area contributed by atoms with Gasteiger partial charge in [-0.3, -0.25) is 0 Å². The highest BCUT2D eigenvalue weighted by Crippen LogP contribution is 2.20. The molecule has 0 amide bonds. The maximum Gasteiger partial charge on any atom is 0.108 e. The standard InChI is InChI=1S/C10H11NO2/c1-2-3-10(12)8-4-6-9(11-13)7-5-8/h2,4-7,10,12H,1,3H2. The van der Waals surface area contributed by atoms with Gasteiger partial charge in [0, 0.05) is 0 Å². The first-order valence-corrected chi connectivity index (χ1v) is 4.00. The third-order valence-electron chi connectivity index (χ3n) is 1.77. The molecule has 0 heterocycles. The zero-order chi connectivity index (χ0) is 9.68. The number of aliphatic hydroxyl groups excluding tert-OH is 1. The Balaban J connectivity index is 2.78. The van der Waals surface area contributed by atoms with Gasteiger partial charge in [-0.15, -0.1) is 11.5 Å². The SMILES string of the molecule is C=CCC(O)c1ccc(N=O)cc1. The fourth-order valence-electron chi connectivity index (χ4n) is 1.05. The average Bonchev–Trinajstić information content (AvgIpc) is 2.18. The topological polar surface area (TPSA) is 49.7 Å². The van der Waals surface area contributed by atoms with E-state index in [1.165, 1.54) is 0 Å². The summed E-state index contributed by atoms with van der Waals surface area (Å²) in [5, 5.41) is 12.3. The molecule has 3 nitrogen and oxygen atoms in total. The van der Waals surface area contributed by atoms with Crippen LogP contribution >= 0.6 is 0 Å². The van der Waals surface area contributed by atoms with Crippen molar-refractivity contribution in [2.24, 2.45) is 5.18 Å². The Morgan fingerprint density at radius 2 is 2.08 bits per heavy atom. The summed E-state index contributed by atoms with van der Waals surface area (Å²) >= 11 is 0. The molecule has 0 spiro atoms. The molecule has 1 atom stereocenters. The molecule has 0 aliphatic rings. The Morgan fingerprint density at radius 3 is 2.54 bits per heavy atom. The molecule has 1 rings (SSSR count). The molecule has 0 aromatic heterocycles. The van der Waals surface area contributed by atoms with E-state index in [0.717, 1.165) is 5.56 Å². The van der Waals surface area contributed by atoms with Crippen molar-refractivity contribution >= 4 is 5.69 Å². The van der Waals surface area contributed by atoms with Crippen LogP contribution in [0.2, 0.25) is 0 Å². The zero-order valence-electron chi connectivity index (χ0n) is 7.18. The van der Waals surface area contributed by atoms with Gasteiger partial charge < -0.3 is 5.11 Å². The second-order valence-electron chi connectivity index (χ2n) is 2.72. The highest BCUT2D eigenvalue weighted by Gasteiger charge is 2.04. The zero-order valence-corrected chi connectivity index (χ0v) is 7.18. The van der Waals surface area contributed by atoms with E-state index in [1.807, 2.05) is 0 Å². The highest BCUT2D eigenvalue weighted by atomic mass is 16.3. The Morgan fingerprint density at radius 1 is 1.46 bits per heavy atom. The van der Waals surface area contributed by atoms with Crippen LogP contribution in [0.15, 0.2) is 42.1 Å². The van der Waals surface area contributed by atoms with Crippen molar-refractivity contribution in [3.8, 4) is 0 Å². The van der Waals surface area contributed by atoms with Crippen LogP contribution in [-0.2, 0) is 0 Å². The number of hydrogen-bond acceptors (Lipinski definition) is 3. The van der Waals surface area contributed by atoms with Gasteiger partial charge >= 0.3 is 0 Å². The van der Waals surface area contributed by atoms with Crippen molar-refractivity contribution in [3.63, 3.8) is 0 Å². The van der Waals surface area contributed by atoms with Gasteiger partial charge in [-0.25, -0.2) is 0 Å². The predicted molar refractivity (Wildman–Crippen MR) is 51.7 cm³/mol. The molecule has 0 aliphatic carbocycles. The normalized spacial score (nSPS) is 12.1. The van der Waals surface area contributed by atoms with Gasteiger partial charge in [0.25, 0.3) is 0 Å². The second-order valence-corrected chi connectivity index (χ2v) is 2.72. The lowest BCUT2D eigenvalue weighted by Crippen LogP contribution is -1.94. The van der Waals surface area contributed by atoms with Crippen molar-refractivity contribution in [2.75, 3.05) is 0 Å². The highest BCUT2D eigenvalue weighted by molar-refractivity contribution is 5.39. The molecule has 3 heteroatoms. The van der Waals surface area contributed by atoms with Crippen molar-refractivity contribution in [1.82, 2.24) is 0 Å². The summed E-state index contributed by atoms with van der Waals surface area (Å²) in [6, 6.07) is 6.53. The molecular weight excluding hydrogens is 166 g/mol.